The molecule has 1 saturated heterocycles. The first-order chi connectivity index (χ1) is 6.42. The molecule has 14 heavy (non-hydrogen) atoms. The molecule has 0 aromatic carbocycles. The van der Waals surface area contributed by atoms with E-state index in [1.165, 1.54) is 0 Å². The summed E-state index contributed by atoms with van der Waals surface area (Å²) in [6, 6.07) is 0. The van der Waals surface area contributed by atoms with Crippen LogP contribution in [-0.4, -0.2) is 39.3 Å². The molecule has 0 amide bonds. The zero-order valence-corrected chi connectivity index (χ0v) is 8.06. The highest BCUT2D eigenvalue weighted by molar-refractivity contribution is 7.91. The summed E-state index contributed by atoms with van der Waals surface area (Å²) in [6.07, 6.45) is -4.51. The van der Waals surface area contributed by atoms with Crippen molar-refractivity contribution in [2.24, 2.45) is 0 Å². The second-order valence-corrected chi connectivity index (χ2v) is 4.68. The minimum atomic E-state index is -4.14. The molecule has 0 aromatic rings. The zero-order chi connectivity index (χ0) is 10.8. The first-order valence-electron chi connectivity index (χ1n) is 4.06. The quantitative estimate of drug-likeness (QED) is 0.718. The van der Waals surface area contributed by atoms with E-state index in [9.17, 15) is 18.1 Å². The summed E-state index contributed by atoms with van der Waals surface area (Å²) in [4.78, 5) is 10.0. The van der Waals surface area contributed by atoms with Crippen molar-refractivity contribution in [3.05, 3.63) is 0 Å². The Labute approximate surface area is 82.4 Å². The van der Waals surface area contributed by atoms with Crippen molar-refractivity contribution >= 4 is 17.1 Å². The number of halogens is 2. The molecule has 1 aliphatic rings. The van der Waals surface area contributed by atoms with E-state index in [2.05, 4.69) is 4.74 Å². The smallest absolute Gasteiger partial charge is 0.456 e. The first kappa shape index (κ1) is 11.7. The average Bonchev–Trinajstić information content (AvgIpc) is 2.08. The molecule has 0 spiro atoms. The second-order valence-electron chi connectivity index (χ2n) is 2.99. The lowest BCUT2D eigenvalue weighted by Crippen LogP contribution is -2.39. The molecule has 1 aliphatic heterocycles. The summed E-state index contributed by atoms with van der Waals surface area (Å²) in [7, 11) is 0. The van der Waals surface area contributed by atoms with Crippen LogP contribution < -0.4 is 0 Å². The molecule has 4 nitrogen and oxygen atoms in total. The molecular weight excluding hydrogens is 218 g/mol. The van der Waals surface area contributed by atoms with Gasteiger partial charge in [-0.3, -0.25) is 0 Å². The standard InChI is InChI=1S/C7H10F2O4S/c8-7(9,6(10)11)13-5-1-3-14(12)4-2-5/h5H,1-4H2,(H,10,11). The summed E-state index contributed by atoms with van der Waals surface area (Å²) < 4.78 is 40.0. The van der Waals surface area contributed by atoms with Crippen molar-refractivity contribution in [2.45, 2.75) is 25.1 Å². The number of carboxylic acids is 1. The summed E-state index contributed by atoms with van der Waals surface area (Å²) in [5.41, 5.74) is 0. The molecule has 0 saturated carbocycles. The minimum absolute atomic E-state index is 0.218. The molecule has 1 heterocycles. The van der Waals surface area contributed by atoms with Gasteiger partial charge in [0, 0.05) is 12.8 Å². The van der Waals surface area contributed by atoms with Crippen LogP contribution in [0.3, 0.4) is 0 Å². The fourth-order valence-electron chi connectivity index (χ4n) is 1.15. The van der Waals surface area contributed by atoms with E-state index in [0.29, 0.717) is 11.5 Å². The molecule has 0 aromatic heterocycles. The van der Waals surface area contributed by atoms with Gasteiger partial charge in [-0.2, -0.15) is 8.78 Å². The normalized spacial score (nSPS) is 28.8. The van der Waals surface area contributed by atoms with Crippen LogP contribution in [0.15, 0.2) is 0 Å². The molecule has 0 unspecified atom stereocenters. The van der Waals surface area contributed by atoms with Crippen molar-refractivity contribution in [1.82, 2.24) is 0 Å². The van der Waals surface area contributed by atoms with E-state index in [4.69, 9.17) is 5.11 Å². The van der Waals surface area contributed by atoms with Gasteiger partial charge in [0.15, 0.2) is 0 Å². The lowest BCUT2D eigenvalue weighted by molar-refractivity contribution is -0.263. The fourth-order valence-corrected chi connectivity index (χ4v) is 2.41. The van der Waals surface area contributed by atoms with E-state index in [1.807, 2.05) is 0 Å². The van der Waals surface area contributed by atoms with Crippen LogP contribution >= 0.6 is 0 Å². The van der Waals surface area contributed by atoms with Gasteiger partial charge < -0.3 is 14.4 Å². The van der Waals surface area contributed by atoms with E-state index in [-0.39, 0.29) is 12.8 Å². The maximum absolute atomic E-state index is 12.5. The monoisotopic (exact) mass is 228 g/mol. The van der Waals surface area contributed by atoms with Gasteiger partial charge in [0.05, 0.1) is 6.10 Å². The van der Waals surface area contributed by atoms with Gasteiger partial charge in [-0.05, 0) is 0 Å². The third-order valence-corrected chi connectivity index (χ3v) is 3.28. The van der Waals surface area contributed by atoms with Crippen LogP contribution in [0.5, 0.6) is 0 Å². The van der Waals surface area contributed by atoms with E-state index in [1.54, 1.807) is 0 Å². The Kier molecular flexibility index (Phi) is 3.68. The van der Waals surface area contributed by atoms with Gasteiger partial charge in [0.25, 0.3) is 0 Å². The van der Waals surface area contributed by atoms with E-state index >= 15 is 0 Å². The van der Waals surface area contributed by atoms with Crippen molar-refractivity contribution in [3.8, 4) is 0 Å². The predicted octanol–water partition coefficient (Wildman–Crippen LogP) is 0.591. The lowest BCUT2D eigenvalue weighted by Gasteiger charge is -2.26. The summed E-state index contributed by atoms with van der Waals surface area (Å²) in [5.74, 6) is -1.70. The first-order valence-corrected chi connectivity index (χ1v) is 5.54. The highest BCUT2D eigenvalue weighted by Gasteiger charge is 2.44. The van der Waals surface area contributed by atoms with Crippen molar-refractivity contribution in [1.29, 1.82) is 0 Å². The topological polar surface area (TPSA) is 69.6 Å². The average molecular weight is 228 g/mol. The highest BCUT2D eigenvalue weighted by Crippen LogP contribution is 2.24. The number of hydrogen-bond acceptors (Lipinski definition) is 3. The maximum atomic E-state index is 12.5. The maximum Gasteiger partial charge on any atom is 0.456 e. The Morgan fingerprint density at radius 3 is 2.43 bits per heavy atom. The van der Waals surface area contributed by atoms with Crippen molar-refractivity contribution < 1.29 is 28.0 Å². The Morgan fingerprint density at radius 2 is 2.00 bits per heavy atom. The summed E-state index contributed by atoms with van der Waals surface area (Å²) >= 11 is -0.972. The molecular formula is C7H10F2O4S. The van der Waals surface area contributed by atoms with Gasteiger partial charge in [-0.15, -0.1) is 0 Å². The van der Waals surface area contributed by atoms with Gasteiger partial charge in [0.1, 0.15) is 11.5 Å². The predicted molar refractivity (Wildman–Crippen MR) is 44.6 cm³/mol. The number of carbonyl (C=O) groups is 1. The van der Waals surface area contributed by atoms with Crippen LogP contribution in [0, 0.1) is 0 Å². The molecule has 0 aliphatic carbocycles. The molecule has 0 bridgehead atoms. The van der Waals surface area contributed by atoms with Crippen LogP contribution in [0.25, 0.3) is 0 Å². The number of hydrogen-bond donors (Lipinski definition) is 1. The molecule has 82 valence electrons. The third kappa shape index (κ3) is 3.07. The van der Waals surface area contributed by atoms with Crippen LogP contribution in [0.1, 0.15) is 12.8 Å². The van der Waals surface area contributed by atoms with Crippen LogP contribution in [0.2, 0.25) is 0 Å². The lowest BCUT2D eigenvalue weighted by atomic mass is 10.2. The Hall–Kier alpha value is -0.400. The van der Waals surface area contributed by atoms with Gasteiger partial charge in [0.2, 0.25) is 0 Å². The number of rotatable bonds is 3. The molecule has 7 heteroatoms. The number of ether oxygens (including phenoxy) is 1. The van der Waals surface area contributed by atoms with E-state index < -0.39 is 29.4 Å². The Morgan fingerprint density at radius 1 is 1.50 bits per heavy atom. The zero-order valence-electron chi connectivity index (χ0n) is 7.24. The SMILES string of the molecule is O=C(O)C(F)(F)OC1CC[S+]([O-])CC1. The van der Waals surface area contributed by atoms with Crippen molar-refractivity contribution in [2.75, 3.05) is 11.5 Å². The molecule has 1 rings (SSSR count). The second kappa shape index (κ2) is 4.41. The minimum Gasteiger partial charge on any atom is -0.616 e. The largest absolute Gasteiger partial charge is 0.616 e. The molecule has 1 N–H and O–H groups in total. The Balaban J connectivity index is 2.41. The number of carboxylic acid groups (broad SMARTS) is 1. The van der Waals surface area contributed by atoms with Gasteiger partial charge >= 0.3 is 12.1 Å². The van der Waals surface area contributed by atoms with Crippen LogP contribution in [-0.2, 0) is 20.7 Å². The number of alkyl halides is 2. The highest BCUT2D eigenvalue weighted by atomic mass is 32.2. The molecule has 0 atom stereocenters. The third-order valence-electron chi connectivity index (χ3n) is 1.90. The van der Waals surface area contributed by atoms with Crippen LogP contribution in [0.4, 0.5) is 8.78 Å². The summed E-state index contributed by atoms with van der Waals surface area (Å²) in [5, 5.41) is 8.09. The fraction of sp³-hybridized carbons (Fsp3) is 0.857. The Bertz CT molecular complexity index is 216. The summed E-state index contributed by atoms with van der Waals surface area (Å²) in [6.45, 7) is 0. The number of aliphatic carboxylic acids is 1. The molecule has 1 fully saturated rings. The van der Waals surface area contributed by atoms with Gasteiger partial charge in [-0.25, -0.2) is 4.79 Å². The van der Waals surface area contributed by atoms with Gasteiger partial charge in [-0.1, -0.05) is 11.2 Å². The van der Waals surface area contributed by atoms with E-state index in [0.717, 1.165) is 0 Å². The molecule has 0 radical (unpaired) electrons. The van der Waals surface area contributed by atoms with Crippen molar-refractivity contribution in [3.63, 3.8) is 0 Å².